The molecular formula is C77H48O9S3. The van der Waals surface area contributed by atoms with Crippen LogP contribution < -0.4 is 0 Å². The Balaban J connectivity index is 1.20. The highest BCUT2D eigenvalue weighted by molar-refractivity contribution is 7.99. The lowest BCUT2D eigenvalue weighted by atomic mass is 9.69. The number of terminal acetylenes is 3. The van der Waals surface area contributed by atoms with Crippen LogP contribution in [0.5, 0.6) is 0 Å². The molecule has 0 aliphatic heterocycles. The van der Waals surface area contributed by atoms with E-state index in [-0.39, 0.29) is 0 Å². The van der Waals surface area contributed by atoms with E-state index in [1.165, 1.54) is 0 Å². The summed E-state index contributed by atoms with van der Waals surface area (Å²) in [6, 6.07) is 83.1. The van der Waals surface area contributed by atoms with E-state index in [1.807, 2.05) is 218 Å². The van der Waals surface area contributed by atoms with Gasteiger partial charge in [-0.15, -0.1) is 32.3 Å². The Bertz CT molecular complexity index is 3760. The van der Waals surface area contributed by atoms with Crippen LogP contribution in [0.15, 0.2) is 255 Å². The van der Waals surface area contributed by atoms with Gasteiger partial charge >= 0.3 is 0 Å². The molecule has 0 heterocycles. The summed E-state index contributed by atoms with van der Waals surface area (Å²) in [7, 11) is 0. The predicted molar refractivity (Wildman–Crippen MR) is 349 cm³/mol. The fourth-order valence-corrected chi connectivity index (χ4v) is 10.8. The van der Waals surface area contributed by atoms with Gasteiger partial charge in [0, 0.05) is 38.9 Å². The van der Waals surface area contributed by atoms with Gasteiger partial charge in [0.2, 0.25) is 0 Å². The van der Waals surface area contributed by atoms with Crippen LogP contribution in [-0.2, 0) is 65.0 Å². The molecule has 0 radical (unpaired) electrons. The molecule has 0 N–H and O–H groups in total. The normalized spacial score (nSPS) is 10.7. The van der Waals surface area contributed by atoms with Gasteiger partial charge in [0.25, 0.3) is 0 Å². The lowest BCUT2D eigenvalue weighted by molar-refractivity contribution is -0.490. The first-order valence-corrected chi connectivity index (χ1v) is 29.2. The Kier molecular flexibility index (Phi) is 23.0. The first kappa shape index (κ1) is 63.2. The monoisotopic (exact) mass is 1210 g/mol. The zero-order chi connectivity index (χ0) is 61.7. The van der Waals surface area contributed by atoms with Crippen molar-refractivity contribution in [3.05, 3.63) is 322 Å². The molecule has 12 heteroatoms. The van der Waals surface area contributed by atoms with Gasteiger partial charge in [0.15, 0.2) is 16.8 Å². The molecule has 9 nitrogen and oxygen atoms in total. The van der Waals surface area contributed by atoms with Crippen molar-refractivity contribution < 1.29 is 42.8 Å². The minimum atomic E-state index is -1.38. The van der Waals surface area contributed by atoms with Crippen LogP contribution in [0.1, 0.15) is 73.7 Å². The molecule has 0 unspecified atom stereocenters. The van der Waals surface area contributed by atoms with Crippen molar-refractivity contribution in [2.75, 3.05) is 0 Å². The third kappa shape index (κ3) is 14.9. The van der Waals surface area contributed by atoms with Crippen molar-refractivity contribution in [3.63, 3.8) is 0 Å². The predicted octanol–water partition coefficient (Wildman–Crippen LogP) is 15.3. The second-order valence-corrected chi connectivity index (χ2v) is 20.4. The van der Waals surface area contributed by atoms with Crippen molar-refractivity contribution >= 4 is 36.1 Å². The Morgan fingerprint density at radius 2 is 0.438 bits per heavy atom. The molecule has 0 aliphatic rings. The minimum absolute atomic E-state index is 0.696. The number of rotatable bonds is 24. The molecule has 0 saturated carbocycles. The van der Waals surface area contributed by atoms with Gasteiger partial charge in [-0.3, -0.25) is 0 Å². The van der Waals surface area contributed by atoms with E-state index < -0.39 is 22.2 Å². The number of hydrogen-bond acceptors (Lipinski definition) is 12. The fourth-order valence-electron chi connectivity index (χ4n) is 10.2. The highest BCUT2D eigenvalue weighted by Gasteiger charge is 2.44. The Labute approximate surface area is 532 Å². The quantitative estimate of drug-likeness (QED) is 0.0144. The summed E-state index contributed by atoms with van der Waals surface area (Å²) in [5, 5.41) is 24.9. The van der Waals surface area contributed by atoms with Crippen LogP contribution >= 0.6 is 36.1 Å². The van der Waals surface area contributed by atoms with E-state index in [4.69, 9.17) is 62.0 Å². The molecule has 0 saturated heterocycles. The Morgan fingerprint density at radius 1 is 0.247 bits per heavy atom. The molecule has 89 heavy (non-hydrogen) atoms. The maximum absolute atomic E-state index is 6.49. The van der Waals surface area contributed by atoms with Gasteiger partial charge in [-0.1, -0.05) is 270 Å². The van der Waals surface area contributed by atoms with E-state index in [0.717, 1.165) is 50.1 Å². The van der Waals surface area contributed by atoms with E-state index in [1.54, 1.807) is 0 Å². The molecule has 9 aromatic carbocycles. The van der Waals surface area contributed by atoms with Crippen LogP contribution in [0.25, 0.3) is 0 Å². The van der Waals surface area contributed by atoms with Crippen molar-refractivity contribution in [1.29, 1.82) is 0 Å². The summed E-state index contributed by atoms with van der Waals surface area (Å²) in [5.74, 6) is 29.5. The second kappa shape index (κ2) is 32.4. The third-order valence-corrected chi connectivity index (χ3v) is 15.1. The number of hydrogen-bond donors (Lipinski definition) is 0. The molecule has 0 atom stereocenters. The highest BCUT2D eigenvalue weighted by atomic mass is 32.2. The standard InChI is InChI=1S/C77H48O9S3/c1-5-8-11-32-59-87-84-81-78-75(65-35-20-14-21-36-65,66-37-22-15-23-38-66)71-53-47-62(48-54-71)74(4,63-49-55-72(56-50-63)76(67-39-24-16-25-40-67,68-41-26-17-27-42-68)79-82-85-88-60-33-12-9-6-2)64-51-57-73(58-52-64)77(69-43-28-18-29-44-69,70-45-30-19-31-46-70)80-83-86-89-61-34-13-10-7-3/h1-3,14-31,35-58H,4H3. The lowest BCUT2D eigenvalue weighted by Crippen LogP contribution is -2.34. The minimum Gasteiger partial charge on any atom is -0.184 e. The second-order valence-electron chi connectivity index (χ2n) is 18.9. The van der Waals surface area contributed by atoms with Crippen LogP contribution in [0.2, 0.25) is 0 Å². The molecule has 0 aromatic heterocycles. The van der Waals surface area contributed by atoms with Crippen LogP contribution in [-0.4, -0.2) is 0 Å². The molecule has 0 bridgehead atoms. The van der Waals surface area contributed by atoms with Gasteiger partial charge in [-0.2, -0.15) is 14.7 Å². The third-order valence-electron chi connectivity index (χ3n) is 14.2. The maximum Gasteiger partial charge on any atom is 0.182 e. The topological polar surface area (TPSA) is 83.1 Å². The summed E-state index contributed by atoms with van der Waals surface area (Å²) < 4.78 is 16.3. The van der Waals surface area contributed by atoms with Gasteiger partial charge in [-0.25, -0.2) is 0 Å². The molecule has 0 amide bonds. The smallest absolute Gasteiger partial charge is 0.182 e. The summed E-state index contributed by atoms with van der Waals surface area (Å²) in [5.41, 5.74) is 4.30. The zero-order valence-corrected chi connectivity index (χ0v) is 49.8. The summed E-state index contributed by atoms with van der Waals surface area (Å²) in [6.45, 7) is 2.18. The molecule has 0 fully saturated rings. The first-order valence-electron chi connectivity index (χ1n) is 27.0. The molecular weight excluding hydrogens is 1170 g/mol. The fraction of sp³-hybridized carbons (Fsp3) is 0.0649. The van der Waals surface area contributed by atoms with E-state index in [9.17, 15) is 0 Å². The van der Waals surface area contributed by atoms with Gasteiger partial charge in [0.1, 0.15) is 36.1 Å². The summed E-state index contributed by atoms with van der Waals surface area (Å²) in [6.07, 6.45) is 15.8. The van der Waals surface area contributed by atoms with E-state index in [0.29, 0.717) is 52.8 Å². The lowest BCUT2D eigenvalue weighted by Gasteiger charge is -2.37. The molecule has 9 aromatic rings. The van der Waals surface area contributed by atoms with E-state index >= 15 is 0 Å². The highest BCUT2D eigenvalue weighted by Crippen LogP contribution is 2.48. The zero-order valence-electron chi connectivity index (χ0n) is 47.4. The average Bonchev–Trinajstić information content (AvgIpc) is 1.20. The van der Waals surface area contributed by atoms with Crippen molar-refractivity contribution in [2.24, 2.45) is 0 Å². The summed E-state index contributed by atoms with van der Waals surface area (Å²) >= 11 is 2.09. The van der Waals surface area contributed by atoms with Crippen molar-refractivity contribution in [2.45, 2.75) is 29.1 Å². The van der Waals surface area contributed by atoms with Crippen LogP contribution in [0.3, 0.4) is 0 Å². The van der Waals surface area contributed by atoms with Gasteiger partial charge in [-0.05, 0) is 127 Å². The maximum atomic E-state index is 6.49. The SMILES string of the molecule is C#CC#CC#CSOOOC(c1ccccc1)(c1ccccc1)c1ccc(C(C)(c2ccc(C(OOOSC#CC#CC#C)(c3ccccc3)c3ccccc3)cc2)c2ccc(C(OOOSC#CC#CC#C)(c3ccccc3)c3ccccc3)cc2)cc1. The van der Waals surface area contributed by atoms with Gasteiger partial charge < -0.3 is 0 Å². The molecule has 9 rings (SSSR count). The Morgan fingerprint density at radius 3 is 0.640 bits per heavy atom. The molecule has 0 aliphatic carbocycles. The number of benzene rings is 9. The van der Waals surface area contributed by atoms with Crippen LogP contribution in [0.4, 0.5) is 0 Å². The van der Waals surface area contributed by atoms with E-state index in [2.05, 4.69) is 130 Å². The summed E-state index contributed by atoms with van der Waals surface area (Å²) in [4.78, 5) is 19.5. The average molecular weight is 1210 g/mol. The molecule has 0 spiro atoms. The van der Waals surface area contributed by atoms with Crippen molar-refractivity contribution in [1.82, 2.24) is 0 Å². The van der Waals surface area contributed by atoms with Crippen molar-refractivity contribution in [3.8, 4) is 106 Å². The van der Waals surface area contributed by atoms with Crippen LogP contribution in [0, 0.1) is 106 Å². The largest absolute Gasteiger partial charge is 0.184 e. The Hall–Kier alpha value is -10.3. The first-order chi connectivity index (χ1) is 43.9. The van der Waals surface area contributed by atoms with Gasteiger partial charge in [0.05, 0.1) is 0 Å². The molecule has 428 valence electrons.